The van der Waals surface area contributed by atoms with E-state index in [2.05, 4.69) is 0 Å². The van der Waals surface area contributed by atoms with Crippen LogP contribution in [0, 0.1) is 0 Å². The fourth-order valence-electron chi connectivity index (χ4n) is 2.92. The molecule has 0 atom stereocenters. The zero-order chi connectivity index (χ0) is 19.6. The number of nitrogens with zero attached hydrogens (tertiary/aromatic N) is 1. The van der Waals surface area contributed by atoms with Crippen LogP contribution >= 0.6 is 0 Å². The number of ketones is 1. The maximum absolute atomic E-state index is 12.4. The van der Waals surface area contributed by atoms with Gasteiger partial charge in [0, 0.05) is 11.6 Å². The Morgan fingerprint density at radius 3 is 2.22 bits per heavy atom. The zero-order valence-corrected chi connectivity index (χ0v) is 15.2. The van der Waals surface area contributed by atoms with Crippen LogP contribution in [0.4, 0.5) is 5.69 Å². The molecule has 0 spiro atoms. The molecule has 0 aromatic heterocycles. The number of ether oxygens (including phenoxy) is 5. The van der Waals surface area contributed by atoms with Gasteiger partial charge in [-0.3, -0.25) is 4.79 Å². The van der Waals surface area contributed by atoms with E-state index in [4.69, 9.17) is 23.7 Å². The maximum atomic E-state index is 12.4. The minimum absolute atomic E-state index is 0.00000824. The van der Waals surface area contributed by atoms with Crippen molar-refractivity contribution in [1.82, 2.24) is 0 Å². The topological polar surface area (TPSA) is 101 Å². The van der Waals surface area contributed by atoms with E-state index < -0.39 is 11.9 Å². The lowest BCUT2D eigenvalue weighted by Gasteiger charge is -2.33. The van der Waals surface area contributed by atoms with Crippen LogP contribution < -0.4 is 14.4 Å². The van der Waals surface area contributed by atoms with Gasteiger partial charge in [0.05, 0.1) is 32.1 Å². The van der Waals surface area contributed by atoms with E-state index in [1.807, 2.05) is 0 Å². The Kier molecular flexibility index (Phi) is 5.31. The lowest BCUT2D eigenvalue weighted by atomic mass is 10.0. The van der Waals surface area contributed by atoms with Crippen molar-refractivity contribution < 1.29 is 38.1 Å². The van der Waals surface area contributed by atoms with Crippen molar-refractivity contribution in [1.29, 1.82) is 0 Å². The molecule has 0 saturated carbocycles. The van der Waals surface area contributed by atoms with Gasteiger partial charge in [-0.05, 0) is 13.0 Å². The lowest BCUT2D eigenvalue weighted by molar-refractivity contribution is -0.140. The van der Waals surface area contributed by atoms with Gasteiger partial charge in [-0.2, -0.15) is 0 Å². The van der Waals surface area contributed by atoms with Gasteiger partial charge in [-0.1, -0.05) is 0 Å². The van der Waals surface area contributed by atoms with E-state index in [0.717, 1.165) is 0 Å². The summed E-state index contributed by atoms with van der Waals surface area (Å²) >= 11 is 0. The summed E-state index contributed by atoms with van der Waals surface area (Å²) in [6.45, 7) is 1.94. The van der Waals surface area contributed by atoms with E-state index in [1.165, 1.54) is 26.0 Å². The number of esters is 2. The quantitative estimate of drug-likeness (QED) is 0.563. The minimum atomic E-state index is -0.747. The third kappa shape index (κ3) is 3.45. The van der Waals surface area contributed by atoms with Crippen LogP contribution in [0.3, 0.4) is 0 Å². The van der Waals surface area contributed by atoms with Crippen molar-refractivity contribution in [3.05, 3.63) is 29.0 Å². The average Bonchev–Trinajstić information content (AvgIpc) is 2.70. The Balaban J connectivity index is 2.19. The van der Waals surface area contributed by atoms with Gasteiger partial charge in [0.15, 0.2) is 17.3 Å². The molecule has 0 saturated heterocycles. The standard InChI is InChI=1S/C18H19NO8/c1-10(20)11-6-14-15(27-5-4-26-14)7-13(11)19-9-25-8-12(17(21)23-2)16(19)18(22)24-3/h6-7H,4-5,8-9H2,1-3H3. The second-order valence-corrected chi connectivity index (χ2v) is 5.79. The first-order valence-corrected chi connectivity index (χ1v) is 8.17. The average molecular weight is 377 g/mol. The number of carbonyl (C=O) groups excluding carboxylic acids is 3. The molecule has 0 amide bonds. The maximum Gasteiger partial charge on any atom is 0.355 e. The van der Waals surface area contributed by atoms with E-state index in [1.54, 1.807) is 12.1 Å². The Bertz CT molecular complexity index is 829. The number of methoxy groups -OCH3 is 2. The Hall–Kier alpha value is -3.07. The first-order valence-electron chi connectivity index (χ1n) is 8.17. The first kappa shape index (κ1) is 18.7. The van der Waals surface area contributed by atoms with Gasteiger partial charge in [-0.25, -0.2) is 9.59 Å². The molecule has 0 radical (unpaired) electrons. The van der Waals surface area contributed by atoms with Crippen LogP contribution in [0.15, 0.2) is 23.4 Å². The fraction of sp³-hybridized carbons (Fsp3) is 0.389. The predicted octanol–water partition coefficient (Wildman–Crippen LogP) is 1.05. The van der Waals surface area contributed by atoms with Gasteiger partial charge in [0.25, 0.3) is 0 Å². The molecule has 1 aromatic rings. The highest BCUT2D eigenvalue weighted by atomic mass is 16.6. The smallest absolute Gasteiger partial charge is 0.355 e. The molecule has 27 heavy (non-hydrogen) atoms. The Morgan fingerprint density at radius 2 is 1.63 bits per heavy atom. The van der Waals surface area contributed by atoms with Crippen LogP contribution in [0.1, 0.15) is 17.3 Å². The number of Topliss-reactive ketones (excluding diaryl/α,β-unsaturated/α-hetero) is 1. The van der Waals surface area contributed by atoms with Gasteiger partial charge in [0.1, 0.15) is 25.6 Å². The molecular weight excluding hydrogens is 358 g/mol. The summed E-state index contributed by atoms with van der Waals surface area (Å²) in [5.74, 6) is -0.859. The molecule has 0 fully saturated rings. The number of carbonyl (C=O) groups is 3. The first-order chi connectivity index (χ1) is 13.0. The van der Waals surface area contributed by atoms with Gasteiger partial charge in [-0.15, -0.1) is 0 Å². The minimum Gasteiger partial charge on any atom is -0.486 e. The third-order valence-electron chi connectivity index (χ3n) is 4.16. The monoisotopic (exact) mass is 377 g/mol. The summed E-state index contributed by atoms with van der Waals surface area (Å²) in [4.78, 5) is 38.2. The van der Waals surface area contributed by atoms with E-state index in [-0.39, 0.29) is 36.0 Å². The SMILES string of the molecule is COC(=O)C1=C(C(=O)OC)N(c2cc3c(cc2C(C)=O)OCCO3)COC1. The van der Waals surface area contributed by atoms with Crippen molar-refractivity contribution in [2.45, 2.75) is 6.92 Å². The van der Waals surface area contributed by atoms with Gasteiger partial charge < -0.3 is 28.6 Å². The van der Waals surface area contributed by atoms with E-state index in [9.17, 15) is 14.4 Å². The Morgan fingerprint density at radius 1 is 1.00 bits per heavy atom. The van der Waals surface area contributed by atoms with Crippen LogP contribution in [0.5, 0.6) is 11.5 Å². The summed E-state index contributed by atoms with van der Waals surface area (Å²) < 4.78 is 26.1. The van der Waals surface area contributed by atoms with Crippen molar-refractivity contribution >= 4 is 23.4 Å². The summed E-state index contributed by atoms with van der Waals surface area (Å²) in [6.07, 6.45) is 0. The Labute approximate surface area is 155 Å². The number of benzene rings is 1. The molecule has 0 aliphatic carbocycles. The predicted molar refractivity (Wildman–Crippen MR) is 91.8 cm³/mol. The van der Waals surface area contributed by atoms with Crippen molar-refractivity contribution in [2.24, 2.45) is 0 Å². The van der Waals surface area contributed by atoms with Crippen molar-refractivity contribution in [3.8, 4) is 11.5 Å². The second-order valence-electron chi connectivity index (χ2n) is 5.79. The number of hydrogen-bond acceptors (Lipinski definition) is 9. The zero-order valence-electron chi connectivity index (χ0n) is 15.2. The van der Waals surface area contributed by atoms with Crippen LogP contribution in [0.25, 0.3) is 0 Å². The van der Waals surface area contributed by atoms with Crippen molar-refractivity contribution in [3.63, 3.8) is 0 Å². The molecule has 0 N–H and O–H groups in total. The molecule has 3 rings (SSSR count). The van der Waals surface area contributed by atoms with E-state index in [0.29, 0.717) is 30.4 Å². The highest BCUT2D eigenvalue weighted by Crippen LogP contribution is 2.39. The molecular formula is C18H19NO8. The number of hydrogen-bond donors (Lipinski definition) is 0. The van der Waals surface area contributed by atoms with Crippen LogP contribution in [-0.4, -0.2) is 58.5 Å². The highest BCUT2D eigenvalue weighted by molar-refractivity contribution is 6.06. The molecule has 2 aliphatic heterocycles. The summed E-state index contributed by atoms with van der Waals surface area (Å²) in [5, 5.41) is 0. The molecule has 2 heterocycles. The lowest BCUT2D eigenvalue weighted by Crippen LogP contribution is -2.39. The molecule has 0 bridgehead atoms. The highest BCUT2D eigenvalue weighted by Gasteiger charge is 2.34. The summed E-state index contributed by atoms with van der Waals surface area (Å²) in [7, 11) is 2.40. The number of anilines is 1. The summed E-state index contributed by atoms with van der Waals surface area (Å²) in [6, 6.07) is 3.13. The largest absolute Gasteiger partial charge is 0.486 e. The van der Waals surface area contributed by atoms with Gasteiger partial charge in [0.2, 0.25) is 0 Å². The normalized spacial score (nSPS) is 16.0. The summed E-state index contributed by atoms with van der Waals surface area (Å²) in [5.41, 5.74) is 0.582. The molecule has 9 nitrogen and oxygen atoms in total. The fourth-order valence-corrected chi connectivity index (χ4v) is 2.92. The molecule has 1 aromatic carbocycles. The van der Waals surface area contributed by atoms with Crippen LogP contribution in [0.2, 0.25) is 0 Å². The molecule has 144 valence electrons. The molecule has 2 aliphatic rings. The van der Waals surface area contributed by atoms with Crippen molar-refractivity contribution in [2.75, 3.05) is 45.7 Å². The second kappa shape index (κ2) is 7.67. The molecule has 0 unspecified atom stereocenters. The number of fused-ring (bicyclic) bond motifs is 1. The van der Waals surface area contributed by atoms with Gasteiger partial charge >= 0.3 is 11.9 Å². The molecule has 9 heteroatoms. The third-order valence-corrected chi connectivity index (χ3v) is 4.16. The van der Waals surface area contributed by atoms with Crippen LogP contribution in [-0.2, 0) is 23.8 Å². The number of rotatable bonds is 4. The van der Waals surface area contributed by atoms with E-state index >= 15 is 0 Å².